The van der Waals surface area contributed by atoms with Gasteiger partial charge in [-0.2, -0.15) is 0 Å². The first-order valence-electron chi connectivity index (χ1n) is 19.6. The lowest BCUT2D eigenvalue weighted by molar-refractivity contribution is -0.160. The summed E-state index contributed by atoms with van der Waals surface area (Å²) in [6.07, 6.45) is 21.1. The van der Waals surface area contributed by atoms with Crippen molar-refractivity contribution in [3.8, 4) is 11.5 Å². The molecule has 0 amide bonds. The molecule has 0 atom stereocenters. The Labute approximate surface area is 295 Å². The van der Waals surface area contributed by atoms with E-state index < -0.39 is 0 Å². The maximum Gasteiger partial charge on any atom is 0.344 e. The van der Waals surface area contributed by atoms with Crippen molar-refractivity contribution in [2.75, 3.05) is 13.2 Å². The van der Waals surface area contributed by atoms with Gasteiger partial charge in [-0.25, -0.2) is 9.59 Å². The van der Waals surface area contributed by atoms with Crippen molar-refractivity contribution in [3.63, 3.8) is 0 Å². The third kappa shape index (κ3) is 9.21. The van der Waals surface area contributed by atoms with Crippen LogP contribution in [-0.2, 0) is 25.5 Å². The molecule has 4 aliphatic carbocycles. The smallest absolute Gasteiger partial charge is 0.344 e. The molecule has 0 bridgehead atoms. The van der Waals surface area contributed by atoms with Gasteiger partial charge in [0.15, 0.2) is 13.2 Å². The SMILES string of the molecule is Cc1cc(OCC(=O)OC2(C)CCCC2)c(C2CCCCC2)cc1Cc1cc(C2CCCCC2)c(OCC(=O)OC2(C)CCCC2)cc1C. The molecule has 0 unspecified atom stereocenters. The van der Waals surface area contributed by atoms with Crippen molar-refractivity contribution in [1.82, 2.24) is 0 Å². The molecule has 2 aromatic rings. The van der Waals surface area contributed by atoms with Gasteiger partial charge in [0.1, 0.15) is 22.7 Å². The van der Waals surface area contributed by atoms with E-state index in [0.717, 1.165) is 95.0 Å². The number of hydrogen-bond donors (Lipinski definition) is 0. The Morgan fingerprint density at radius 3 is 1.31 bits per heavy atom. The standard InChI is InChI=1S/C43H60O6/c1-30-23-38(46-28-40(44)48-42(3)19-11-12-20-42)36(32-15-7-5-8-16-32)26-34(30)25-35-27-37(33-17-9-6-10-18-33)39(24-31(35)2)47-29-41(45)49-43(4)21-13-14-22-43/h23-24,26-27,32-33H,5-22,25,28-29H2,1-4H3. The summed E-state index contributed by atoms with van der Waals surface area (Å²) < 4.78 is 24.4. The van der Waals surface area contributed by atoms with Gasteiger partial charge >= 0.3 is 11.9 Å². The fourth-order valence-electron chi connectivity index (χ4n) is 9.12. The summed E-state index contributed by atoms with van der Waals surface area (Å²) in [4.78, 5) is 25.8. The summed E-state index contributed by atoms with van der Waals surface area (Å²) in [5.74, 6) is 2.01. The average Bonchev–Trinajstić information content (AvgIpc) is 3.72. The first-order valence-corrected chi connectivity index (χ1v) is 19.6. The highest BCUT2D eigenvalue weighted by Gasteiger charge is 2.34. The largest absolute Gasteiger partial charge is 0.482 e. The minimum absolute atomic E-state index is 0.0494. The number of esters is 2. The Balaban J connectivity index is 1.22. The molecule has 49 heavy (non-hydrogen) atoms. The predicted molar refractivity (Wildman–Crippen MR) is 194 cm³/mol. The van der Waals surface area contributed by atoms with Gasteiger partial charge in [0, 0.05) is 0 Å². The zero-order valence-corrected chi connectivity index (χ0v) is 30.8. The van der Waals surface area contributed by atoms with Crippen LogP contribution in [0.2, 0.25) is 0 Å². The minimum atomic E-state index is -0.349. The molecule has 4 fully saturated rings. The van der Waals surface area contributed by atoms with Gasteiger partial charge in [-0.3, -0.25) is 0 Å². The molecule has 0 N–H and O–H groups in total. The van der Waals surface area contributed by atoms with E-state index in [-0.39, 0.29) is 36.4 Å². The monoisotopic (exact) mass is 672 g/mol. The summed E-state index contributed by atoms with van der Waals surface area (Å²) in [5.41, 5.74) is 6.72. The minimum Gasteiger partial charge on any atom is -0.482 e. The van der Waals surface area contributed by atoms with Crippen LogP contribution < -0.4 is 9.47 Å². The van der Waals surface area contributed by atoms with Crippen molar-refractivity contribution in [1.29, 1.82) is 0 Å². The van der Waals surface area contributed by atoms with Crippen molar-refractivity contribution in [2.45, 2.75) is 173 Å². The van der Waals surface area contributed by atoms with Gasteiger partial charge in [-0.15, -0.1) is 0 Å². The lowest BCUT2D eigenvalue weighted by Crippen LogP contribution is -2.30. The molecule has 4 saturated carbocycles. The quantitative estimate of drug-likeness (QED) is 0.209. The predicted octanol–water partition coefficient (Wildman–Crippen LogP) is 10.5. The van der Waals surface area contributed by atoms with E-state index in [0.29, 0.717) is 11.8 Å². The molecular formula is C43H60O6. The lowest BCUT2D eigenvalue weighted by Gasteiger charge is -2.28. The number of carbonyl (C=O) groups excluding carboxylic acids is 2. The van der Waals surface area contributed by atoms with Gasteiger partial charge in [-0.1, -0.05) is 50.7 Å². The first-order chi connectivity index (χ1) is 23.6. The summed E-state index contributed by atoms with van der Waals surface area (Å²) in [7, 11) is 0. The third-order valence-corrected chi connectivity index (χ3v) is 12.1. The average molecular weight is 673 g/mol. The van der Waals surface area contributed by atoms with Gasteiger partial charge in [-0.05, 0) is 169 Å². The van der Waals surface area contributed by atoms with E-state index in [2.05, 4.69) is 52.0 Å². The number of hydrogen-bond acceptors (Lipinski definition) is 6. The van der Waals surface area contributed by atoms with E-state index in [4.69, 9.17) is 18.9 Å². The maximum atomic E-state index is 12.9. The summed E-state index contributed by atoms with van der Waals surface area (Å²) >= 11 is 0. The van der Waals surface area contributed by atoms with E-state index in [1.807, 2.05) is 0 Å². The fourth-order valence-corrected chi connectivity index (χ4v) is 9.12. The Kier molecular flexibility index (Phi) is 11.6. The molecular weight excluding hydrogens is 612 g/mol. The van der Waals surface area contributed by atoms with Gasteiger partial charge < -0.3 is 18.9 Å². The Morgan fingerprint density at radius 2 is 0.939 bits per heavy atom. The molecule has 0 aliphatic heterocycles. The molecule has 4 aliphatic rings. The Morgan fingerprint density at radius 1 is 0.571 bits per heavy atom. The lowest BCUT2D eigenvalue weighted by atomic mass is 9.80. The highest BCUT2D eigenvalue weighted by Crippen LogP contribution is 2.42. The highest BCUT2D eigenvalue weighted by molar-refractivity contribution is 5.72. The van der Waals surface area contributed by atoms with Crippen LogP contribution in [0.25, 0.3) is 0 Å². The summed E-state index contributed by atoms with van der Waals surface area (Å²) in [6.45, 7) is 8.33. The van der Waals surface area contributed by atoms with Gasteiger partial charge in [0.05, 0.1) is 0 Å². The normalized spacial score (nSPS) is 21.0. The Bertz CT molecular complexity index is 1340. The van der Waals surface area contributed by atoms with Gasteiger partial charge in [0.2, 0.25) is 0 Å². The summed E-state index contributed by atoms with van der Waals surface area (Å²) in [5, 5.41) is 0. The second-order valence-corrected chi connectivity index (χ2v) is 16.3. The zero-order chi connectivity index (χ0) is 34.4. The molecule has 0 heterocycles. The molecule has 0 radical (unpaired) electrons. The second-order valence-electron chi connectivity index (χ2n) is 16.3. The number of carbonyl (C=O) groups is 2. The molecule has 268 valence electrons. The van der Waals surface area contributed by atoms with Crippen LogP contribution in [0.15, 0.2) is 24.3 Å². The maximum absolute atomic E-state index is 12.9. The first kappa shape index (κ1) is 35.8. The molecule has 6 nitrogen and oxygen atoms in total. The van der Waals surface area contributed by atoms with Gasteiger partial charge in [0.25, 0.3) is 0 Å². The third-order valence-electron chi connectivity index (χ3n) is 12.1. The molecule has 6 heteroatoms. The van der Waals surface area contributed by atoms with E-state index in [1.54, 1.807) is 0 Å². The topological polar surface area (TPSA) is 71.1 Å². The fraction of sp³-hybridized carbons (Fsp3) is 0.674. The van der Waals surface area contributed by atoms with Crippen molar-refractivity contribution in [3.05, 3.63) is 57.6 Å². The van der Waals surface area contributed by atoms with Crippen LogP contribution in [0.1, 0.15) is 175 Å². The van der Waals surface area contributed by atoms with Crippen LogP contribution in [-0.4, -0.2) is 36.4 Å². The molecule has 6 rings (SSSR count). The van der Waals surface area contributed by atoms with E-state index >= 15 is 0 Å². The molecule has 0 spiro atoms. The molecule has 0 aromatic heterocycles. The van der Waals surface area contributed by atoms with E-state index in [1.165, 1.54) is 71.9 Å². The van der Waals surface area contributed by atoms with Crippen molar-refractivity contribution < 1.29 is 28.5 Å². The Hall–Kier alpha value is -3.02. The number of aryl methyl sites for hydroxylation is 2. The zero-order valence-electron chi connectivity index (χ0n) is 30.8. The van der Waals surface area contributed by atoms with E-state index in [9.17, 15) is 9.59 Å². The van der Waals surface area contributed by atoms with Crippen LogP contribution in [0, 0.1) is 13.8 Å². The number of rotatable bonds is 12. The highest BCUT2D eigenvalue weighted by atomic mass is 16.6. The van der Waals surface area contributed by atoms with Crippen molar-refractivity contribution >= 4 is 11.9 Å². The second kappa shape index (κ2) is 15.9. The molecule has 2 aromatic carbocycles. The summed E-state index contributed by atoms with van der Waals surface area (Å²) in [6, 6.07) is 9.06. The van der Waals surface area contributed by atoms with Crippen LogP contribution >= 0.6 is 0 Å². The molecule has 0 saturated heterocycles. The van der Waals surface area contributed by atoms with Crippen molar-refractivity contribution in [2.24, 2.45) is 0 Å². The van der Waals surface area contributed by atoms with Crippen LogP contribution in [0.3, 0.4) is 0 Å². The number of benzene rings is 2. The van der Waals surface area contributed by atoms with Crippen LogP contribution in [0.5, 0.6) is 11.5 Å². The van der Waals surface area contributed by atoms with Crippen LogP contribution in [0.4, 0.5) is 0 Å². The number of ether oxygens (including phenoxy) is 4.